The van der Waals surface area contributed by atoms with Crippen molar-refractivity contribution < 1.29 is 9.59 Å². The van der Waals surface area contributed by atoms with Crippen LogP contribution < -0.4 is 11.1 Å². The minimum atomic E-state index is -0.619. The number of thiazole rings is 1. The minimum Gasteiger partial charge on any atom is -0.348 e. The fourth-order valence-corrected chi connectivity index (χ4v) is 4.56. The maximum Gasteiger partial charge on any atom is 0.243 e. The van der Waals surface area contributed by atoms with Gasteiger partial charge in [-0.15, -0.1) is 11.3 Å². The molecule has 1 aromatic heterocycles. The molecule has 1 saturated heterocycles. The number of rotatable bonds is 5. The molecule has 1 aliphatic heterocycles. The molecule has 1 unspecified atom stereocenters. The lowest BCUT2D eigenvalue weighted by atomic mass is 9.86. The zero-order valence-electron chi connectivity index (χ0n) is 18.4. The lowest BCUT2D eigenvalue weighted by Crippen LogP contribution is -2.55. The largest absolute Gasteiger partial charge is 0.348 e. The Bertz CT molecular complexity index is 901. The van der Waals surface area contributed by atoms with Crippen LogP contribution in [0.4, 0.5) is 0 Å². The van der Waals surface area contributed by atoms with Crippen molar-refractivity contribution in [3.05, 3.63) is 41.0 Å². The molecule has 1 aromatic carbocycles. The average molecular weight is 429 g/mol. The summed E-state index contributed by atoms with van der Waals surface area (Å²) in [6.07, 6.45) is 1.49. The van der Waals surface area contributed by atoms with E-state index in [0.29, 0.717) is 13.0 Å². The molecule has 30 heavy (non-hydrogen) atoms. The average Bonchev–Trinajstić information content (AvgIpc) is 3.35. The van der Waals surface area contributed by atoms with Crippen LogP contribution in [0.1, 0.15) is 57.8 Å². The molecule has 0 aliphatic carbocycles. The summed E-state index contributed by atoms with van der Waals surface area (Å²) >= 11 is 1.62. The summed E-state index contributed by atoms with van der Waals surface area (Å²) in [7, 11) is 0. The molecule has 2 heterocycles. The zero-order valence-corrected chi connectivity index (χ0v) is 19.3. The van der Waals surface area contributed by atoms with E-state index in [1.807, 2.05) is 52.3 Å². The molecule has 0 spiro atoms. The van der Waals surface area contributed by atoms with Crippen LogP contribution in [0.3, 0.4) is 0 Å². The molecular weight excluding hydrogens is 396 g/mol. The van der Waals surface area contributed by atoms with Gasteiger partial charge in [-0.2, -0.15) is 0 Å². The number of aryl methyl sites for hydroxylation is 1. The van der Waals surface area contributed by atoms with Crippen LogP contribution >= 0.6 is 11.3 Å². The first-order valence-corrected chi connectivity index (χ1v) is 11.3. The summed E-state index contributed by atoms with van der Waals surface area (Å²) in [5, 5.41) is 3.08. The number of nitrogens with one attached hydrogen (secondary N) is 1. The lowest BCUT2D eigenvalue weighted by Gasteiger charge is -2.33. The molecule has 3 rings (SSSR count). The normalized spacial score (nSPS) is 18.9. The Morgan fingerprint density at radius 3 is 2.50 bits per heavy atom. The van der Waals surface area contributed by atoms with Crippen LogP contribution in [0.15, 0.2) is 29.8 Å². The monoisotopic (exact) mass is 428 g/mol. The van der Waals surface area contributed by atoms with Gasteiger partial charge in [0.25, 0.3) is 0 Å². The fourth-order valence-electron chi connectivity index (χ4n) is 3.75. The molecule has 162 valence electrons. The van der Waals surface area contributed by atoms with E-state index in [-0.39, 0.29) is 23.3 Å². The van der Waals surface area contributed by atoms with E-state index in [2.05, 4.69) is 22.4 Å². The Hall–Kier alpha value is -2.25. The van der Waals surface area contributed by atoms with Gasteiger partial charge in [-0.25, -0.2) is 4.98 Å². The zero-order chi connectivity index (χ0) is 22.1. The fraction of sp³-hybridized carbons (Fsp3) is 0.522. The topological polar surface area (TPSA) is 88.3 Å². The van der Waals surface area contributed by atoms with E-state index in [1.54, 1.807) is 16.2 Å². The smallest absolute Gasteiger partial charge is 0.243 e. The number of likely N-dealkylation sites (tertiary alicyclic amines) is 1. The molecule has 2 amide bonds. The van der Waals surface area contributed by atoms with Crippen molar-refractivity contribution in [2.45, 2.75) is 65.6 Å². The standard InChI is InChI=1S/C23H32N4O2S/c1-14(16-8-10-17(11-9-16)19-15(2)25-13-30-19)26-21(28)18-7-6-12-27(18)22(29)20(24)23(3,4)5/h8-11,13-14,18,20H,6-7,12,24H2,1-5H3,(H,26,28)/t14-,18-,20?/m0/s1. The molecule has 0 bridgehead atoms. The van der Waals surface area contributed by atoms with Crippen LogP contribution in [0, 0.1) is 12.3 Å². The van der Waals surface area contributed by atoms with Crippen molar-refractivity contribution in [3.63, 3.8) is 0 Å². The summed E-state index contributed by atoms with van der Waals surface area (Å²) in [5.41, 5.74) is 10.8. The van der Waals surface area contributed by atoms with Crippen molar-refractivity contribution in [1.82, 2.24) is 15.2 Å². The van der Waals surface area contributed by atoms with Crippen LogP contribution in [-0.2, 0) is 9.59 Å². The van der Waals surface area contributed by atoms with E-state index >= 15 is 0 Å². The molecule has 6 nitrogen and oxygen atoms in total. The molecule has 2 aromatic rings. The Kier molecular flexibility index (Phi) is 6.62. The predicted octanol–water partition coefficient (Wildman–Crippen LogP) is 3.66. The van der Waals surface area contributed by atoms with Gasteiger partial charge in [-0.1, -0.05) is 45.0 Å². The van der Waals surface area contributed by atoms with Crippen LogP contribution in [0.25, 0.3) is 10.4 Å². The van der Waals surface area contributed by atoms with E-state index in [4.69, 9.17) is 5.73 Å². The van der Waals surface area contributed by atoms with Crippen molar-refractivity contribution in [2.75, 3.05) is 6.54 Å². The summed E-state index contributed by atoms with van der Waals surface area (Å²) in [6.45, 7) is 10.4. The molecule has 0 saturated carbocycles. The molecular formula is C23H32N4O2S. The summed E-state index contributed by atoms with van der Waals surface area (Å²) in [4.78, 5) is 32.9. The number of aromatic nitrogens is 1. The second-order valence-electron chi connectivity index (χ2n) is 9.15. The van der Waals surface area contributed by atoms with Crippen molar-refractivity contribution >= 4 is 23.2 Å². The highest BCUT2D eigenvalue weighted by atomic mass is 32.1. The first-order chi connectivity index (χ1) is 14.1. The van der Waals surface area contributed by atoms with Crippen molar-refractivity contribution in [3.8, 4) is 10.4 Å². The molecule has 7 heteroatoms. The third kappa shape index (κ3) is 4.73. The van der Waals surface area contributed by atoms with Crippen LogP contribution in [0.2, 0.25) is 0 Å². The number of nitrogens with two attached hydrogens (primary N) is 1. The number of nitrogens with zero attached hydrogens (tertiary/aromatic N) is 2. The van der Waals surface area contributed by atoms with Crippen LogP contribution in [0.5, 0.6) is 0 Å². The number of carbonyl (C=O) groups excluding carboxylic acids is 2. The molecule has 3 N–H and O–H groups in total. The van der Waals surface area contributed by atoms with E-state index < -0.39 is 12.1 Å². The van der Waals surface area contributed by atoms with Gasteiger partial charge in [0.05, 0.1) is 28.2 Å². The second-order valence-corrected chi connectivity index (χ2v) is 10.0. The third-order valence-corrected chi connectivity index (χ3v) is 6.79. The summed E-state index contributed by atoms with van der Waals surface area (Å²) < 4.78 is 0. The Morgan fingerprint density at radius 1 is 1.27 bits per heavy atom. The van der Waals surface area contributed by atoms with E-state index in [1.165, 1.54) is 0 Å². The Balaban J connectivity index is 1.66. The minimum absolute atomic E-state index is 0.114. The van der Waals surface area contributed by atoms with Crippen molar-refractivity contribution in [2.24, 2.45) is 11.1 Å². The number of benzene rings is 1. The Morgan fingerprint density at radius 2 is 1.93 bits per heavy atom. The van der Waals surface area contributed by atoms with Crippen LogP contribution in [-0.4, -0.2) is 40.3 Å². The number of amides is 2. The maximum atomic E-state index is 13.0. The molecule has 1 aliphatic rings. The molecule has 0 radical (unpaired) electrons. The molecule has 3 atom stereocenters. The number of hydrogen-bond acceptors (Lipinski definition) is 5. The third-order valence-electron chi connectivity index (χ3n) is 5.81. The van der Waals surface area contributed by atoms with Gasteiger partial charge in [-0.05, 0) is 43.2 Å². The highest BCUT2D eigenvalue weighted by molar-refractivity contribution is 7.13. The van der Waals surface area contributed by atoms with Gasteiger partial charge < -0.3 is 16.0 Å². The van der Waals surface area contributed by atoms with Gasteiger partial charge >= 0.3 is 0 Å². The van der Waals surface area contributed by atoms with Gasteiger partial charge in [0.2, 0.25) is 11.8 Å². The van der Waals surface area contributed by atoms with Gasteiger partial charge in [0.1, 0.15) is 6.04 Å². The van der Waals surface area contributed by atoms with Crippen molar-refractivity contribution in [1.29, 1.82) is 0 Å². The quantitative estimate of drug-likeness (QED) is 0.761. The first kappa shape index (κ1) is 22.4. The highest BCUT2D eigenvalue weighted by Gasteiger charge is 2.39. The van der Waals surface area contributed by atoms with E-state index in [9.17, 15) is 9.59 Å². The second kappa shape index (κ2) is 8.86. The first-order valence-electron chi connectivity index (χ1n) is 10.5. The SMILES string of the molecule is Cc1ncsc1-c1ccc([C@H](C)NC(=O)[C@@H]2CCCN2C(=O)C(N)C(C)(C)C)cc1. The highest BCUT2D eigenvalue weighted by Crippen LogP contribution is 2.29. The van der Waals surface area contributed by atoms with Gasteiger partial charge in [0.15, 0.2) is 0 Å². The number of carbonyl (C=O) groups is 2. The predicted molar refractivity (Wildman–Crippen MR) is 121 cm³/mol. The summed E-state index contributed by atoms with van der Waals surface area (Å²) in [6, 6.07) is 6.97. The maximum absolute atomic E-state index is 13.0. The number of hydrogen-bond donors (Lipinski definition) is 2. The van der Waals surface area contributed by atoms with E-state index in [0.717, 1.165) is 28.1 Å². The van der Waals surface area contributed by atoms with Gasteiger partial charge in [0, 0.05) is 6.54 Å². The van der Waals surface area contributed by atoms with Gasteiger partial charge in [-0.3, -0.25) is 9.59 Å². The Labute approximate surface area is 182 Å². The molecule has 1 fully saturated rings. The summed E-state index contributed by atoms with van der Waals surface area (Å²) in [5.74, 6) is -0.256. The lowest BCUT2D eigenvalue weighted by molar-refractivity contribution is -0.141.